The van der Waals surface area contributed by atoms with Gasteiger partial charge in [0.05, 0.1) is 0 Å². The summed E-state index contributed by atoms with van der Waals surface area (Å²) in [5, 5.41) is 5.83. The predicted octanol–water partition coefficient (Wildman–Crippen LogP) is 19.0. The molecule has 12 fully saturated rings. The van der Waals surface area contributed by atoms with Crippen LogP contribution in [-0.2, 0) is 47.0 Å². The summed E-state index contributed by atoms with van der Waals surface area (Å²) in [6, 6.07) is 43.9. The maximum absolute atomic E-state index is 3.06. The van der Waals surface area contributed by atoms with Crippen LogP contribution in [0.3, 0.4) is 0 Å². The minimum Gasteiger partial charge on any atom is -0.164 e. The van der Waals surface area contributed by atoms with E-state index >= 15 is 0 Å². The Labute approximate surface area is 464 Å². The third kappa shape index (κ3) is 9.35. The zero-order valence-electron chi connectivity index (χ0n) is 43.8. The van der Waals surface area contributed by atoms with Crippen LogP contribution in [0.15, 0.2) is 109 Å². The molecule has 0 spiro atoms. The SMILES string of the molecule is Cl.Cl.[CH3-].[CH3-].[Si]=[Zr].c1cc(-c2ccc(C34CC5CC(CC(C5)C3)C4)cc2)c2cc(CC34CCC(CC3)C4)[cH-]c2c1.c1cc(-c2ccc(C34CC5CC(CC(C5)C3)C4)cc2)c2cc(CC34CCC(CC3)C4)[cH-]c2c1. The normalized spacial score (nSPS) is 35.4. The molecule has 6 aromatic carbocycles. The summed E-state index contributed by atoms with van der Waals surface area (Å²) >= 11 is 1.36. The van der Waals surface area contributed by atoms with Crippen molar-refractivity contribution in [1.29, 1.82) is 0 Å². The average molecular weight is 1090 g/mol. The van der Waals surface area contributed by atoms with Gasteiger partial charge in [-0.3, -0.25) is 0 Å². The summed E-state index contributed by atoms with van der Waals surface area (Å²) in [5.74, 6) is 8.17. The van der Waals surface area contributed by atoms with E-state index in [0.717, 1.165) is 47.3 Å². The van der Waals surface area contributed by atoms with Crippen LogP contribution in [0.4, 0.5) is 0 Å². The van der Waals surface area contributed by atoms with Gasteiger partial charge in [-0.15, -0.1) is 93.9 Å². The Balaban J connectivity index is 0.000000152. The molecule has 72 heavy (non-hydrogen) atoms. The van der Waals surface area contributed by atoms with E-state index in [4.69, 9.17) is 0 Å². The molecule has 0 nitrogen and oxygen atoms in total. The molecule has 12 saturated carbocycles. The summed E-state index contributed by atoms with van der Waals surface area (Å²) in [5.41, 5.74) is 14.4. The van der Waals surface area contributed by atoms with Crippen molar-refractivity contribution in [2.24, 2.45) is 58.2 Å². The van der Waals surface area contributed by atoms with Gasteiger partial charge in [0.15, 0.2) is 0 Å². The maximum atomic E-state index is 3.06. The zero-order chi connectivity index (χ0) is 45.2. The van der Waals surface area contributed by atoms with Gasteiger partial charge in [-0.2, -0.15) is 12.1 Å². The summed E-state index contributed by atoms with van der Waals surface area (Å²) in [7, 11) is 0. The quantitative estimate of drug-likeness (QED) is 0.105. The van der Waals surface area contributed by atoms with Gasteiger partial charge in [0.25, 0.3) is 0 Å². The molecule has 0 aromatic heterocycles. The first-order valence-corrected chi connectivity index (χ1v) is 32.3. The number of hydrogen-bond acceptors (Lipinski definition) is 0. The van der Waals surface area contributed by atoms with Gasteiger partial charge in [0, 0.05) is 0 Å². The van der Waals surface area contributed by atoms with Crippen molar-refractivity contribution in [3.05, 3.63) is 146 Å². The van der Waals surface area contributed by atoms with E-state index in [1.54, 1.807) is 22.3 Å². The van der Waals surface area contributed by atoms with Gasteiger partial charge in [-0.05, 0) is 245 Å². The van der Waals surface area contributed by atoms with Gasteiger partial charge < -0.3 is 14.9 Å². The first-order chi connectivity index (χ1) is 33.3. The molecular formula is C68H82Cl2SiZr-4. The van der Waals surface area contributed by atoms with Crippen LogP contribution in [-0.4, -0.2) is 6.88 Å². The van der Waals surface area contributed by atoms with Crippen LogP contribution in [0, 0.1) is 73.0 Å². The second-order valence-corrected chi connectivity index (χ2v) is 26.5. The van der Waals surface area contributed by atoms with Gasteiger partial charge in [-0.1, -0.05) is 71.8 Å². The maximum Gasteiger partial charge on any atom is -0.00391 e. The molecule has 12 aliphatic carbocycles. The van der Waals surface area contributed by atoms with Crippen LogP contribution in [0.1, 0.15) is 164 Å². The summed E-state index contributed by atoms with van der Waals surface area (Å²) < 4.78 is 0. The third-order valence-electron chi connectivity index (χ3n) is 22.2. The number of hydrogen-bond donors (Lipinski definition) is 0. The van der Waals surface area contributed by atoms with Gasteiger partial charge in [-0.25, -0.2) is 0 Å². The van der Waals surface area contributed by atoms with E-state index in [1.165, 1.54) is 221 Å². The van der Waals surface area contributed by atoms with Crippen LogP contribution in [0.25, 0.3) is 43.8 Å². The minimum atomic E-state index is 0. The number of benzene rings is 4. The molecule has 0 aliphatic heterocycles. The third-order valence-corrected chi connectivity index (χ3v) is 22.2. The molecule has 0 heterocycles. The summed E-state index contributed by atoms with van der Waals surface area (Å²) in [4.78, 5) is 0. The van der Waals surface area contributed by atoms with Crippen molar-refractivity contribution < 1.29 is 23.3 Å². The first-order valence-electron chi connectivity index (χ1n) is 28.1. The monoisotopic (exact) mass is 1090 g/mol. The molecule has 0 unspecified atom stereocenters. The van der Waals surface area contributed by atoms with E-state index < -0.39 is 0 Å². The molecule has 4 heteroatoms. The van der Waals surface area contributed by atoms with E-state index in [-0.39, 0.29) is 39.7 Å². The Morgan fingerprint density at radius 3 is 1.03 bits per heavy atom. The Hall–Kier alpha value is -2.22. The fraction of sp³-hybridized carbons (Fsp3) is 0.529. The fourth-order valence-electron chi connectivity index (χ4n) is 20.2. The summed E-state index contributed by atoms with van der Waals surface area (Å²) in [6.45, 7) is 3.06. The molecule has 12 bridgehead atoms. The van der Waals surface area contributed by atoms with Crippen molar-refractivity contribution in [1.82, 2.24) is 0 Å². The smallest absolute Gasteiger partial charge is 0.00391 e. The molecule has 380 valence electrons. The zero-order valence-corrected chi connectivity index (χ0v) is 48.9. The van der Waals surface area contributed by atoms with Crippen molar-refractivity contribution in [3.63, 3.8) is 0 Å². The molecule has 2 radical (unpaired) electrons. The van der Waals surface area contributed by atoms with Crippen LogP contribution in [0.5, 0.6) is 0 Å². The minimum absolute atomic E-state index is 0. The Bertz CT molecular complexity index is 2560. The number of rotatable bonds is 8. The van der Waals surface area contributed by atoms with Crippen molar-refractivity contribution in [2.45, 2.75) is 165 Å². The van der Waals surface area contributed by atoms with E-state index in [9.17, 15) is 0 Å². The van der Waals surface area contributed by atoms with Crippen LogP contribution < -0.4 is 0 Å². The molecule has 12 aliphatic rings. The largest absolute Gasteiger partial charge is 0.164 e. The topological polar surface area (TPSA) is 0 Å². The van der Waals surface area contributed by atoms with E-state index in [2.05, 4.69) is 116 Å². The number of fused-ring (bicyclic) bond motifs is 6. The van der Waals surface area contributed by atoms with Crippen molar-refractivity contribution in [3.8, 4) is 22.3 Å². The van der Waals surface area contributed by atoms with Crippen LogP contribution >= 0.6 is 24.8 Å². The standard InChI is InChI=1S/2C33H37.2CH3.2ClH.Si.Zr/c2*1-2-28-15-26(18-32-10-8-22(17-32)9-11-32)16-31(28)30(3-1)27-4-6-29(7-5-27)33-19-23-12-24(20-33)14-25(13-23)21-33;;;;;;/h2*1-7,15-16,22-25H,8-14,17-21H2;2*1H3;2*1H;;/q4*-1;;;;. The van der Waals surface area contributed by atoms with Gasteiger partial charge in [0.2, 0.25) is 0 Å². The average Bonchev–Trinajstić information content (AvgIpc) is 4.23. The van der Waals surface area contributed by atoms with Crippen LogP contribution in [0.2, 0.25) is 0 Å². The van der Waals surface area contributed by atoms with Gasteiger partial charge >= 0.3 is 30.2 Å². The second kappa shape index (κ2) is 20.6. The predicted molar refractivity (Wildman–Crippen MR) is 308 cm³/mol. The molecule has 6 aromatic rings. The summed E-state index contributed by atoms with van der Waals surface area (Å²) in [6.07, 6.45) is 35.4. The van der Waals surface area contributed by atoms with Crippen molar-refractivity contribution >= 4 is 53.2 Å². The molecule has 18 rings (SSSR count). The van der Waals surface area contributed by atoms with Gasteiger partial charge in [0.1, 0.15) is 0 Å². The Morgan fingerprint density at radius 2 is 0.736 bits per heavy atom. The molecule has 0 N–H and O–H groups in total. The molecule has 0 saturated heterocycles. The second-order valence-electron chi connectivity index (χ2n) is 26.5. The molecular weight excluding hydrogens is 1010 g/mol. The van der Waals surface area contributed by atoms with E-state index in [1.807, 2.05) is 0 Å². The van der Waals surface area contributed by atoms with E-state index in [0.29, 0.717) is 21.7 Å². The fourth-order valence-corrected chi connectivity index (χ4v) is 20.2. The molecule has 0 amide bonds. The number of halogens is 2. The van der Waals surface area contributed by atoms with Crippen molar-refractivity contribution in [2.75, 3.05) is 0 Å². The Kier molecular flexibility index (Phi) is 15.2. The Morgan fingerprint density at radius 1 is 0.417 bits per heavy atom. The molecule has 0 atom stereocenters. The first kappa shape index (κ1) is 53.2.